The van der Waals surface area contributed by atoms with E-state index in [1.165, 1.54) is 0 Å². The molecule has 3 N–H and O–H groups in total. The summed E-state index contributed by atoms with van der Waals surface area (Å²) in [5, 5.41) is 2.74. The Morgan fingerprint density at radius 2 is 1.78 bits per heavy atom. The second kappa shape index (κ2) is 7.45. The normalized spacial score (nSPS) is 10.4. The number of amides is 2. The van der Waals surface area contributed by atoms with E-state index in [9.17, 15) is 9.59 Å². The number of rotatable bonds is 6. The fourth-order valence-corrected chi connectivity index (χ4v) is 1.94. The monoisotopic (exact) mass is 312 g/mol. The highest BCUT2D eigenvalue weighted by atomic mass is 16.5. The Morgan fingerprint density at radius 1 is 1.09 bits per heavy atom. The van der Waals surface area contributed by atoms with Crippen molar-refractivity contribution in [2.24, 2.45) is 11.7 Å². The molecule has 0 heterocycles. The van der Waals surface area contributed by atoms with E-state index in [1.807, 2.05) is 6.07 Å². The van der Waals surface area contributed by atoms with Gasteiger partial charge in [-0.1, -0.05) is 26.0 Å². The third-order valence-corrected chi connectivity index (χ3v) is 3.08. The number of hydrogen-bond donors (Lipinski definition) is 2. The van der Waals surface area contributed by atoms with Gasteiger partial charge in [0, 0.05) is 16.8 Å². The van der Waals surface area contributed by atoms with Gasteiger partial charge in [-0.2, -0.15) is 0 Å². The summed E-state index contributed by atoms with van der Waals surface area (Å²) in [5.41, 5.74) is 6.57. The lowest BCUT2D eigenvalue weighted by Crippen LogP contribution is -2.14. The number of carbonyl (C=O) groups is 2. The number of nitrogens with one attached hydrogen (secondary N) is 1. The first-order chi connectivity index (χ1) is 11.0. The van der Waals surface area contributed by atoms with E-state index < -0.39 is 5.91 Å². The van der Waals surface area contributed by atoms with Crippen molar-refractivity contribution in [3.8, 4) is 5.75 Å². The maximum Gasteiger partial charge on any atom is 0.255 e. The van der Waals surface area contributed by atoms with Crippen molar-refractivity contribution >= 4 is 17.5 Å². The third kappa shape index (κ3) is 4.85. The van der Waals surface area contributed by atoms with Crippen molar-refractivity contribution in [1.29, 1.82) is 0 Å². The van der Waals surface area contributed by atoms with Gasteiger partial charge in [-0.3, -0.25) is 9.59 Å². The molecule has 0 spiro atoms. The van der Waals surface area contributed by atoms with Crippen LogP contribution in [-0.2, 0) is 0 Å². The Bertz CT molecular complexity index is 711. The van der Waals surface area contributed by atoms with Crippen molar-refractivity contribution in [3.05, 3.63) is 59.7 Å². The highest BCUT2D eigenvalue weighted by molar-refractivity contribution is 6.05. The average Bonchev–Trinajstić information content (AvgIpc) is 2.53. The lowest BCUT2D eigenvalue weighted by Gasteiger charge is -2.10. The van der Waals surface area contributed by atoms with Crippen LogP contribution in [0.3, 0.4) is 0 Å². The molecule has 5 nitrogen and oxygen atoms in total. The predicted molar refractivity (Wildman–Crippen MR) is 89.7 cm³/mol. The first kappa shape index (κ1) is 16.5. The molecule has 2 aromatic carbocycles. The van der Waals surface area contributed by atoms with Crippen LogP contribution in [0.2, 0.25) is 0 Å². The van der Waals surface area contributed by atoms with Gasteiger partial charge >= 0.3 is 0 Å². The summed E-state index contributed by atoms with van der Waals surface area (Å²) in [7, 11) is 0. The third-order valence-electron chi connectivity index (χ3n) is 3.08. The molecule has 0 aromatic heterocycles. The van der Waals surface area contributed by atoms with Gasteiger partial charge in [-0.05, 0) is 42.3 Å². The quantitative estimate of drug-likeness (QED) is 0.860. The Hall–Kier alpha value is -2.82. The second-order valence-corrected chi connectivity index (χ2v) is 5.63. The van der Waals surface area contributed by atoms with Crippen LogP contribution >= 0.6 is 0 Å². The number of anilines is 1. The smallest absolute Gasteiger partial charge is 0.255 e. The Balaban J connectivity index is 2.10. The minimum Gasteiger partial charge on any atom is -0.493 e. The van der Waals surface area contributed by atoms with Crippen LogP contribution in [0.25, 0.3) is 0 Å². The zero-order chi connectivity index (χ0) is 16.8. The molecule has 2 rings (SSSR count). The summed E-state index contributed by atoms with van der Waals surface area (Å²) in [6.07, 6.45) is 0. The molecular weight excluding hydrogens is 292 g/mol. The number of benzene rings is 2. The van der Waals surface area contributed by atoms with Crippen LogP contribution in [0.5, 0.6) is 5.75 Å². The van der Waals surface area contributed by atoms with E-state index in [2.05, 4.69) is 19.2 Å². The molecule has 0 bridgehead atoms. The molecule has 5 heteroatoms. The van der Waals surface area contributed by atoms with Crippen LogP contribution in [-0.4, -0.2) is 18.4 Å². The Morgan fingerprint density at radius 3 is 2.48 bits per heavy atom. The standard InChI is InChI=1S/C18H20N2O3/c1-12(2)11-23-16-8-4-6-14(10-16)18(22)20-15-7-3-5-13(9-15)17(19)21/h3-10,12H,11H2,1-2H3,(H2,19,21)(H,20,22). The highest BCUT2D eigenvalue weighted by Gasteiger charge is 2.09. The summed E-state index contributed by atoms with van der Waals surface area (Å²) in [4.78, 5) is 23.5. The first-order valence-electron chi connectivity index (χ1n) is 7.40. The maximum atomic E-state index is 12.3. The van der Waals surface area contributed by atoms with Crippen LogP contribution < -0.4 is 15.8 Å². The molecule has 0 saturated carbocycles. The van der Waals surface area contributed by atoms with Gasteiger partial charge in [0.25, 0.3) is 5.91 Å². The van der Waals surface area contributed by atoms with Gasteiger partial charge in [-0.15, -0.1) is 0 Å². The van der Waals surface area contributed by atoms with E-state index in [0.29, 0.717) is 35.1 Å². The fraction of sp³-hybridized carbons (Fsp3) is 0.222. The lowest BCUT2D eigenvalue weighted by molar-refractivity contribution is 0.0996. The lowest BCUT2D eigenvalue weighted by atomic mass is 10.1. The minimum absolute atomic E-state index is 0.276. The van der Waals surface area contributed by atoms with Crippen molar-refractivity contribution in [1.82, 2.24) is 0 Å². The summed E-state index contributed by atoms with van der Waals surface area (Å²) in [5.74, 6) is 0.244. The molecule has 0 unspecified atom stereocenters. The van der Waals surface area contributed by atoms with E-state index in [4.69, 9.17) is 10.5 Å². The van der Waals surface area contributed by atoms with Crippen molar-refractivity contribution < 1.29 is 14.3 Å². The number of primary amides is 1. The summed E-state index contributed by atoms with van der Waals surface area (Å²) >= 11 is 0. The van der Waals surface area contributed by atoms with Crippen molar-refractivity contribution in [2.75, 3.05) is 11.9 Å². The zero-order valence-electron chi connectivity index (χ0n) is 13.2. The number of ether oxygens (including phenoxy) is 1. The first-order valence-corrected chi connectivity index (χ1v) is 7.40. The van der Waals surface area contributed by atoms with Crippen molar-refractivity contribution in [3.63, 3.8) is 0 Å². The van der Waals surface area contributed by atoms with Gasteiger partial charge in [-0.25, -0.2) is 0 Å². The fourth-order valence-electron chi connectivity index (χ4n) is 1.94. The molecule has 23 heavy (non-hydrogen) atoms. The van der Waals surface area contributed by atoms with E-state index in [1.54, 1.807) is 42.5 Å². The number of nitrogens with two attached hydrogens (primary N) is 1. The summed E-state index contributed by atoms with van der Waals surface area (Å²) < 4.78 is 5.62. The molecule has 0 radical (unpaired) electrons. The summed E-state index contributed by atoms with van der Waals surface area (Å²) in [6.45, 7) is 4.70. The Labute approximate surface area is 135 Å². The number of hydrogen-bond acceptors (Lipinski definition) is 3. The van der Waals surface area contributed by atoms with E-state index in [-0.39, 0.29) is 5.91 Å². The van der Waals surface area contributed by atoms with Crippen LogP contribution in [0.1, 0.15) is 34.6 Å². The van der Waals surface area contributed by atoms with Crippen LogP contribution in [0.15, 0.2) is 48.5 Å². The molecule has 0 saturated heterocycles. The zero-order valence-corrected chi connectivity index (χ0v) is 13.2. The molecule has 0 aliphatic heterocycles. The van der Waals surface area contributed by atoms with E-state index in [0.717, 1.165) is 0 Å². The molecular formula is C18H20N2O3. The topological polar surface area (TPSA) is 81.4 Å². The van der Waals surface area contributed by atoms with Gasteiger partial charge < -0.3 is 15.8 Å². The number of carbonyl (C=O) groups excluding carboxylic acids is 2. The van der Waals surface area contributed by atoms with Crippen LogP contribution in [0, 0.1) is 5.92 Å². The van der Waals surface area contributed by atoms with Gasteiger partial charge in [0.2, 0.25) is 5.91 Å². The van der Waals surface area contributed by atoms with Gasteiger partial charge in [0.05, 0.1) is 6.61 Å². The van der Waals surface area contributed by atoms with Gasteiger partial charge in [0.15, 0.2) is 0 Å². The minimum atomic E-state index is -0.537. The van der Waals surface area contributed by atoms with Gasteiger partial charge in [0.1, 0.15) is 5.75 Å². The maximum absolute atomic E-state index is 12.3. The summed E-state index contributed by atoms with van der Waals surface area (Å²) in [6, 6.07) is 13.5. The molecule has 2 amide bonds. The van der Waals surface area contributed by atoms with E-state index >= 15 is 0 Å². The van der Waals surface area contributed by atoms with Crippen LogP contribution in [0.4, 0.5) is 5.69 Å². The highest BCUT2D eigenvalue weighted by Crippen LogP contribution is 2.17. The average molecular weight is 312 g/mol. The molecule has 0 aliphatic carbocycles. The molecule has 2 aromatic rings. The largest absolute Gasteiger partial charge is 0.493 e. The van der Waals surface area contributed by atoms with Crippen molar-refractivity contribution in [2.45, 2.75) is 13.8 Å². The SMILES string of the molecule is CC(C)COc1cccc(C(=O)Nc2cccc(C(N)=O)c2)c1. The molecule has 0 fully saturated rings. The predicted octanol–water partition coefficient (Wildman–Crippen LogP) is 3.07. The molecule has 0 aliphatic rings. The second-order valence-electron chi connectivity index (χ2n) is 5.63. The Kier molecular flexibility index (Phi) is 5.36. The molecule has 120 valence electrons. The molecule has 0 atom stereocenters.